The number of aromatic nitrogens is 5. The highest BCUT2D eigenvalue weighted by atomic mass is 16.5. The Morgan fingerprint density at radius 1 is 1.14 bits per heavy atom. The van der Waals surface area contributed by atoms with Gasteiger partial charge in [-0.1, -0.05) is 0 Å². The number of hydrogen-bond acceptors (Lipinski definition) is 7. The lowest BCUT2D eigenvalue weighted by Crippen LogP contribution is -2.44. The summed E-state index contributed by atoms with van der Waals surface area (Å²) in [5.74, 6) is 2.32. The van der Waals surface area contributed by atoms with Crippen molar-refractivity contribution in [3.63, 3.8) is 0 Å². The standard InChI is InChI=1S/C21H18N6O2/c1-12-11-28-7-6-27(12)18-8-14-13-2-4-22-9-16(13)29-17-10-23-20(15-3-5-24-26-15)21(25-18)19(14)17/h2-5,8-10,12H,6-7,11H2,1H3,(H,24,26)/t12-/m1/s1. The first-order valence-electron chi connectivity index (χ1n) is 9.60. The van der Waals surface area contributed by atoms with E-state index >= 15 is 0 Å². The zero-order valence-corrected chi connectivity index (χ0v) is 15.8. The Morgan fingerprint density at radius 3 is 2.97 bits per heavy atom. The monoisotopic (exact) mass is 386 g/mol. The van der Waals surface area contributed by atoms with E-state index in [0.29, 0.717) is 19.0 Å². The van der Waals surface area contributed by atoms with Gasteiger partial charge in [-0.2, -0.15) is 5.10 Å². The van der Waals surface area contributed by atoms with Gasteiger partial charge in [0, 0.05) is 30.1 Å². The van der Waals surface area contributed by atoms with Crippen LogP contribution >= 0.6 is 0 Å². The van der Waals surface area contributed by atoms with Crippen LogP contribution in [0.4, 0.5) is 5.82 Å². The van der Waals surface area contributed by atoms with E-state index in [0.717, 1.165) is 51.5 Å². The van der Waals surface area contributed by atoms with E-state index in [1.165, 1.54) is 0 Å². The Labute approximate surface area is 166 Å². The van der Waals surface area contributed by atoms with E-state index in [4.69, 9.17) is 14.5 Å². The van der Waals surface area contributed by atoms with Crippen molar-refractivity contribution in [2.24, 2.45) is 0 Å². The molecule has 0 spiro atoms. The van der Waals surface area contributed by atoms with Gasteiger partial charge in [0.15, 0.2) is 11.5 Å². The molecule has 1 atom stereocenters. The van der Waals surface area contributed by atoms with Gasteiger partial charge in [-0.3, -0.25) is 10.1 Å². The summed E-state index contributed by atoms with van der Waals surface area (Å²) < 4.78 is 11.7. The molecule has 0 aliphatic carbocycles. The number of morpholine rings is 1. The highest BCUT2D eigenvalue weighted by Crippen LogP contribution is 2.48. The fraction of sp³-hybridized carbons (Fsp3) is 0.238. The number of hydrogen-bond donors (Lipinski definition) is 1. The highest BCUT2D eigenvalue weighted by Gasteiger charge is 2.28. The summed E-state index contributed by atoms with van der Waals surface area (Å²) in [5.41, 5.74) is 4.45. The molecule has 2 aliphatic rings. The third kappa shape index (κ3) is 2.49. The van der Waals surface area contributed by atoms with Crippen molar-refractivity contribution in [2.75, 3.05) is 24.7 Å². The smallest absolute Gasteiger partial charge is 0.155 e. The lowest BCUT2D eigenvalue weighted by Gasteiger charge is -2.35. The van der Waals surface area contributed by atoms with Crippen LogP contribution in [0.2, 0.25) is 0 Å². The number of nitrogens with one attached hydrogen (secondary N) is 1. The lowest BCUT2D eigenvalue weighted by atomic mass is 9.97. The minimum absolute atomic E-state index is 0.240. The summed E-state index contributed by atoms with van der Waals surface area (Å²) in [6, 6.07) is 6.27. The Hall–Kier alpha value is -3.52. The number of H-pyrrole nitrogens is 1. The SMILES string of the molecule is C[C@@H]1COCCN1c1cc2c3c(cnc(-c4ccn[nH]4)c3n1)Oc1cnccc1-2. The second kappa shape index (κ2) is 6.25. The van der Waals surface area contributed by atoms with Crippen molar-refractivity contribution in [1.29, 1.82) is 0 Å². The van der Waals surface area contributed by atoms with Gasteiger partial charge in [0.05, 0.1) is 42.7 Å². The molecule has 0 radical (unpaired) electrons. The molecule has 0 unspecified atom stereocenters. The Morgan fingerprint density at radius 2 is 2.10 bits per heavy atom. The van der Waals surface area contributed by atoms with Crippen LogP contribution < -0.4 is 9.64 Å². The molecule has 0 amide bonds. The number of pyridine rings is 3. The third-order valence-electron chi connectivity index (χ3n) is 5.50. The highest BCUT2D eigenvalue weighted by molar-refractivity contribution is 6.07. The molecule has 1 saturated heterocycles. The first kappa shape index (κ1) is 16.4. The fourth-order valence-electron chi connectivity index (χ4n) is 4.09. The molecule has 144 valence electrons. The molecule has 8 nitrogen and oxygen atoms in total. The summed E-state index contributed by atoms with van der Waals surface area (Å²) in [6.07, 6.45) is 6.99. The number of nitrogens with zero attached hydrogens (tertiary/aromatic N) is 5. The van der Waals surface area contributed by atoms with Crippen molar-refractivity contribution in [3.8, 4) is 34.0 Å². The Kier molecular flexibility index (Phi) is 3.54. The van der Waals surface area contributed by atoms with Gasteiger partial charge < -0.3 is 14.4 Å². The van der Waals surface area contributed by atoms with E-state index in [1.54, 1.807) is 24.8 Å². The van der Waals surface area contributed by atoms with Crippen molar-refractivity contribution in [2.45, 2.75) is 13.0 Å². The van der Waals surface area contributed by atoms with Gasteiger partial charge in [-0.15, -0.1) is 0 Å². The Bertz CT molecular complexity index is 1220. The molecule has 1 fully saturated rings. The third-order valence-corrected chi connectivity index (χ3v) is 5.50. The second-order valence-corrected chi connectivity index (χ2v) is 7.28. The van der Waals surface area contributed by atoms with Gasteiger partial charge in [-0.25, -0.2) is 9.97 Å². The molecule has 4 aromatic rings. The molecule has 29 heavy (non-hydrogen) atoms. The maximum absolute atomic E-state index is 6.10. The fourth-order valence-corrected chi connectivity index (χ4v) is 4.09. The molecule has 0 bridgehead atoms. The van der Waals surface area contributed by atoms with Crippen LogP contribution in [0.5, 0.6) is 11.5 Å². The summed E-state index contributed by atoms with van der Waals surface area (Å²) >= 11 is 0. The molecule has 0 saturated carbocycles. The largest absolute Gasteiger partial charge is 0.453 e. The first-order chi connectivity index (χ1) is 14.3. The van der Waals surface area contributed by atoms with Crippen molar-refractivity contribution >= 4 is 16.7 Å². The number of anilines is 1. The maximum atomic E-state index is 6.10. The summed E-state index contributed by atoms with van der Waals surface area (Å²) in [5, 5.41) is 8.05. The van der Waals surface area contributed by atoms with Crippen LogP contribution in [-0.4, -0.2) is 50.9 Å². The Balaban J connectivity index is 1.68. The zero-order chi connectivity index (χ0) is 19.4. The molecule has 6 rings (SSSR count). The van der Waals surface area contributed by atoms with Crippen molar-refractivity contribution < 1.29 is 9.47 Å². The van der Waals surface area contributed by atoms with Gasteiger partial charge >= 0.3 is 0 Å². The van der Waals surface area contributed by atoms with E-state index < -0.39 is 0 Å². The predicted molar refractivity (Wildman–Crippen MR) is 108 cm³/mol. The first-order valence-corrected chi connectivity index (χ1v) is 9.60. The normalized spacial score (nSPS) is 17.8. The summed E-state index contributed by atoms with van der Waals surface area (Å²) in [4.78, 5) is 16.2. The lowest BCUT2D eigenvalue weighted by molar-refractivity contribution is 0.0986. The number of rotatable bonds is 2. The van der Waals surface area contributed by atoms with Crippen LogP contribution in [0.25, 0.3) is 33.4 Å². The summed E-state index contributed by atoms with van der Waals surface area (Å²) in [7, 11) is 0. The number of ether oxygens (including phenoxy) is 2. The number of aromatic amines is 1. The van der Waals surface area contributed by atoms with E-state index in [-0.39, 0.29) is 6.04 Å². The molecule has 2 aliphatic heterocycles. The average molecular weight is 386 g/mol. The van der Waals surface area contributed by atoms with E-state index in [1.807, 2.05) is 12.1 Å². The quantitative estimate of drug-likeness (QED) is 0.497. The predicted octanol–water partition coefficient (Wildman–Crippen LogP) is 3.41. The van der Waals surface area contributed by atoms with Crippen molar-refractivity contribution in [3.05, 3.63) is 43.0 Å². The average Bonchev–Trinajstić information content (AvgIpc) is 3.29. The maximum Gasteiger partial charge on any atom is 0.155 e. The van der Waals surface area contributed by atoms with Gasteiger partial charge in [0.1, 0.15) is 17.0 Å². The van der Waals surface area contributed by atoms with Crippen LogP contribution in [0, 0.1) is 0 Å². The molecule has 1 N–H and O–H groups in total. The van der Waals surface area contributed by atoms with E-state index in [2.05, 4.69) is 38.1 Å². The minimum atomic E-state index is 0.240. The molecular weight excluding hydrogens is 368 g/mol. The van der Waals surface area contributed by atoms with Crippen molar-refractivity contribution in [1.82, 2.24) is 25.1 Å². The van der Waals surface area contributed by atoms with Crippen LogP contribution in [0.15, 0.2) is 43.0 Å². The van der Waals surface area contributed by atoms with Gasteiger partial charge in [-0.05, 0) is 25.1 Å². The summed E-state index contributed by atoms with van der Waals surface area (Å²) in [6.45, 7) is 4.33. The number of fused-ring (bicyclic) bond motifs is 2. The minimum Gasteiger partial charge on any atom is -0.453 e. The van der Waals surface area contributed by atoms with Crippen LogP contribution in [0.3, 0.4) is 0 Å². The zero-order valence-electron chi connectivity index (χ0n) is 15.8. The molecule has 4 aromatic heterocycles. The molecular formula is C21H18N6O2. The molecule has 0 aromatic carbocycles. The van der Waals surface area contributed by atoms with E-state index in [9.17, 15) is 0 Å². The van der Waals surface area contributed by atoms with Crippen LogP contribution in [0.1, 0.15) is 6.92 Å². The van der Waals surface area contributed by atoms with Gasteiger partial charge in [0.25, 0.3) is 0 Å². The topological polar surface area (TPSA) is 89.1 Å². The molecule has 8 heteroatoms. The molecule has 6 heterocycles. The second-order valence-electron chi connectivity index (χ2n) is 7.28. The van der Waals surface area contributed by atoms with Gasteiger partial charge in [0.2, 0.25) is 0 Å². The van der Waals surface area contributed by atoms with Crippen LogP contribution in [-0.2, 0) is 4.74 Å².